The highest BCUT2D eigenvalue weighted by atomic mass is 15.2. The van der Waals surface area contributed by atoms with Crippen LogP contribution in [-0.4, -0.2) is 0 Å². The molecule has 0 aliphatic heterocycles. The van der Waals surface area contributed by atoms with Gasteiger partial charge in [0.2, 0.25) is 0 Å². The summed E-state index contributed by atoms with van der Waals surface area (Å²) in [7, 11) is 0. The zero-order valence-electron chi connectivity index (χ0n) is 31.7. The summed E-state index contributed by atoms with van der Waals surface area (Å²) < 4.78 is 0. The Morgan fingerprint density at radius 1 is 0.345 bits per heavy atom. The molecule has 0 aromatic heterocycles. The molecule has 0 spiro atoms. The highest BCUT2D eigenvalue weighted by molar-refractivity contribution is 6.12. The first kappa shape index (κ1) is 33.0. The van der Waals surface area contributed by atoms with Crippen LogP contribution in [0, 0.1) is 13.8 Å². The van der Waals surface area contributed by atoms with Gasteiger partial charge in [0.15, 0.2) is 0 Å². The van der Waals surface area contributed by atoms with Crippen molar-refractivity contribution in [3.8, 4) is 11.1 Å². The third-order valence-electron chi connectivity index (χ3n) is 11.9. The number of para-hydroxylation sites is 2. The van der Waals surface area contributed by atoms with Crippen LogP contribution in [0.3, 0.4) is 0 Å². The Morgan fingerprint density at radius 2 is 0.800 bits per heavy atom. The molecule has 1 aliphatic rings. The average Bonchev–Trinajstić information content (AvgIpc) is 3.46. The van der Waals surface area contributed by atoms with Crippen LogP contribution in [-0.2, 0) is 5.41 Å². The molecule has 0 radical (unpaired) electrons. The summed E-state index contributed by atoms with van der Waals surface area (Å²) >= 11 is 0. The quantitative estimate of drug-likeness (QED) is 0.170. The second-order valence-corrected chi connectivity index (χ2v) is 15.5. The molecular formula is C53H42N2. The minimum atomic E-state index is -0.269. The van der Waals surface area contributed by atoms with Gasteiger partial charge in [-0.3, -0.25) is 0 Å². The van der Waals surface area contributed by atoms with Crippen LogP contribution in [0.25, 0.3) is 43.4 Å². The molecule has 55 heavy (non-hydrogen) atoms. The predicted molar refractivity (Wildman–Crippen MR) is 235 cm³/mol. The number of hydrogen-bond acceptors (Lipinski definition) is 2. The monoisotopic (exact) mass is 706 g/mol. The molecule has 0 unspecified atom stereocenters. The molecule has 0 saturated carbocycles. The topological polar surface area (TPSA) is 6.48 Å². The molecule has 0 fully saturated rings. The van der Waals surface area contributed by atoms with Crippen molar-refractivity contribution >= 4 is 66.4 Å². The summed E-state index contributed by atoms with van der Waals surface area (Å²) in [5, 5.41) is 7.55. The number of fused-ring (bicyclic) bond motifs is 7. The smallest absolute Gasteiger partial charge is 0.0543 e. The van der Waals surface area contributed by atoms with Crippen LogP contribution in [0.2, 0.25) is 0 Å². The van der Waals surface area contributed by atoms with E-state index in [0.29, 0.717) is 0 Å². The Kier molecular flexibility index (Phi) is 7.64. The SMILES string of the molecule is Cc1ccc(N(c2ccccc2)c2ccc3c(c2)C(C)(C)c2cc(N(c4ccccc4)c4ccc(C)c5ccccc45)c4ccccc4c2-3)c2ccccc12. The molecule has 2 heteroatoms. The van der Waals surface area contributed by atoms with Gasteiger partial charge in [-0.2, -0.15) is 0 Å². The maximum Gasteiger partial charge on any atom is 0.0543 e. The van der Waals surface area contributed by atoms with E-state index >= 15 is 0 Å². The van der Waals surface area contributed by atoms with Crippen molar-refractivity contribution in [2.75, 3.05) is 9.80 Å². The average molecular weight is 707 g/mol. The predicted octanol–water partition coefficient (Wildman–Crippen LogP) is 15.0. The van der Waals surface area contributed by atoms with Crippen molar-refractivity contribution in [2.45, 2.75) is 33.1 Å². The van der Waals surface area contributed by atoms with Gasteiger partial charge in [-0.25, -0.2) is 0 Å². The normalized spacial score (nSPS) is 12.9. The highest BCUT2D eigenvalue weighted by Crippen LogP contribution is 2.56. The zero-order valence-corrected chi connectivity index (χ0v) is 31.7. The molecule has 0 atom stereocenters. The van der Waals surface area contributed by atoms with E-state index in [9.17, 15) is 0 Å². The van der Waals surface area contributed by atoms with Gasteiger partial charge in [0, 0.05) is 38.6 Å². The number of rotatable bonds is 6. The Balaban J connectivity index is 1.20. The van der Waals surface area contributed by atoms with Crippen LogP contribution in [0.5, 0.6) is 0 Å². The molecule has 9 aromatic carbocycles. The van der Waals surface area contributed by atoms with Crippen LogP contribution >= 0.6 is 0 Å². The number of nitrogens with zero attached hydrogens (tertiary/aromatic N) is 2. The summed E-state index contributed by atoms with van der Waals surface area (Å²) in [5.74, 6) is 0. The van der Waals surface area contributed by atoms with Crippen molar-refractivity contribution in [3.63, 3.8) is 0 Å². The van der Waals surface area contributed by atoms with E-state index in [0.717, 1.165) is 17.1 Å². The third kappa shape index (κ3) is 5.16. The highest BCUT2D eigenvalue weighted by Gasteiger charge is 2.38. The zero-order chi connectivity index (χ0) is 37.3. The molecule has 0 heterocycles. The van der Waals surface area contributed by atoms with E-state index in [4.69, 9.17) is 0 Å². The summed E-state index contributed by atoms with van der Waals surface area (Å²) in [4.78, 5) is 4.92. The Labute approximate surface area is 323 Å². The van der Waals surface area contributed by atoms with Crippen molar-refractivity contribution in [2.24, 2.45) is 0 Å². The lowest BCUT2D eigenvalue weighted by Gasteiger charge is -2.31. The lowest BCUT2D eigenvalue weighted by molar-refractivity contribution is 0.661. The molecule has 0 bridgehead atoms. The Bertz CT molecular complexity index is 2920. The van der Waals surface area contributed by atoms with E-state index in [2.05, 4.69) is 219 Å². The Morgan fingerprint density at radius 3 is 1.36 bits per heavy atom. The summed E-state index contributed by atoms with van der Waals surface area (Å²) in [6, 6.07) is 67.0. The van der Waals surface area contributed by atoms with Gasteiger partial charge >= 0.3 is 0 Å². The van der Waals surface area contributed by atoms with Crippen LogP contribution < -0.4 is 9.80 Å². The number of anilines is 6. The number of benzene rings is 9. The summed E-state index contributed by atoms with van der Waals surface area (Å²) in [6.45, 7) is 9.22. The van der Waals surface area contributed by atoms with Crippen LogP contribution in [0.15, 0.2) is 182 Å². The fraction of sp³-hybridized carbons (Fsp3) is 0.0943. The second kappa shape index (κ2) is 12.7. The van der Waals surface area contributed by atoms with E-state index in [1.807, 2.05) is 0 Å². The van der Waals surface area contributed by atoms with Gasteiger partial charge < -0.3 is 9.80 Å². The lowest BCUT2D eigenvalue weighted by atomic mass is 9.81. The van der Waals surface area contributed by atoms with Gasteiger partial charge in [0.05, 0.1) is 17.1 Å². The summed E-state index contributed by atoms with van der Waals surface area (Å²) in [6.07, 6.45) is 0. The fourth-order valence-corrected chi connectivity index (χ4v) is 9.12. The first-order chi connectivity index (χ1) is 26.9. The van der Waals surface area contributed by atoms with Crippen molar-refractivity contribution < 1.29 is 0 Å². The van der Waals surface area contributed by atoms with Gasteiger partial charge in [0.25, 0.3) is 0 Å². The fourth-order valence-electron chi connectivity index (χ4n) is 9.12. The van der Waals surface area contributed by atoms with Gasteiger partial charge in [-0.15, -0.1) is 0 Å². The van der Waals surface area contributed by atoms with Crippen molar-refractivity contribution in [1.29, 1.82) is 0 Å². The van der Waals surface area contributed by atoms with E-state index in [-0.39, 0.29) is 5.41 Å². The molecule has 10 rings (SSSR count). The molecule has 9 aromatic rings. The molecule has 1 aliphatic carbocycles. The first-order valence-corrected chi connectivity index (χ1v) is 19.3. The third-order valence-corrected chi connectivity index (χ3v) is 11.9. The molecule has 0 saturated heterocycles. The van der Waals surface area contributed by atoms with E-state index < -0.39 is 0 Å². The van der Waals surface area contributed by atoms with E-state index in [1.54, 1.807) is 0 Å². The van der Waals surface area contributed by atoms with Gasteiger partial charge in [-0.1, -0.05) is 141 Å². The minimum absolute atomic E-state index is 0.269. The van der Waals surface area contributed by atoms with E-state index in [1.165, 1.54) is 82.8 Å². The molecule has 0 amide bonds. The van der Waals surface area contributed by atoms with Crippen molar-refractivity contribution in [1.82, 2.24) is 0 Å². The van der Waals surface area contributed by atoms with Gasteiger partial charge in [-0.05, 0) is 118 Å². The maximum atomic E-state index is 2.49. The first-order valence-electron chi connectivity index (χ1n) is 19.3. The largest absolute Gasteiger partial charge is 0.310 e. The molecular weight excluding hydrogens is 665 g/mol. The number of hydrogen-bond donors (Lipinski definition) is 0. The molecule has 2 nitrogen and oxygen atoms in total. The molecule has 264 valence electrons. The number of aryl methyl sites for hydroxylation is 2. The van der Waals surface area contributed by atoms with Crippen LogP contribution in [0.4, 0.5) is 34.1 Å². The standard InChI is InChI=1S/C53H42N2/c1-35-27-31-49(42-23-13-11-21-40(35)42)54(37-17-7-5-8-18-37)39-29-30-46-47(33-39)53(3,4)48-34-51(44-25-15-16-26-45(44)52(46)48)55(38-19-9-6-10-20-38)50-32-28-36(2)41-22-12-14-24-43(41)50/h5-34H,1-4H3. The summed E-state index contributed by atoms with van der Waals surface area (Å²) in [5.41, 5.74) is 14.6. The van der Waals surface area contributed by atoms with Crippen LogP contribution in [0.1, 0.15) is 36.1 Å². The maximum absolute atomic E-state index is 2.49. The van der Waals surface area contributed by atoms with Gasteiger partial charge in [0.1, 0.15) is 0 Å². The minimum Gasteiger partial charge on any atom is -0.310 e. The lowest BCUT2D eigenvalue weighted by Crippen LogP contribution is -2.18. The molecule has 0 N–H and O–H groups in total. The Hall–Kier alpha value is -6.64. The van der Waals surface area contributed by atoms with Crippen molar-refractivity contribution in [3.05, 3.63) is 204 Å². The second-order valence-electron chi connectivity index (χ2n) is 15.5.